The Bertz CT molecular complexity index is 490. The van der Waals surface area contributed by atoms with Crippen molar-refractivity contribution in [2.75, 3.05) is 11.9 Å². The lowest BCUT2D eigenvalue weighted by Crippen LogP contribution is -2.30. The third-order valence-electron chi connectivity index (χ3n) is 2.52. The monoisotopic (exact) mass is 248 g/mol. The van der Waals surface area contributed by atoms with Gasteiger partial charge in [0, 0.05) is 19.8 Å². The van der Waals surface area contributed by atoms with Gasteiger partial charge in [-0.3, -0.25) is 5.32 Å². The number of carbonyl (C=O) groups is 1. The molecule has 1 aliphatic carbocycles. The highest BCUT2D eigenvalue weighted by Gasteiger charge is 2.07. The van der Waals surface area contributed by atoms with E-state index in [9.17, 15) is 9.90 Å². The van der Waals surface area contributed by atoms with Crippen LogP contribution in [0.1, 0.15) is 6.42 Å². The number of nitrogens with zero attached hydrogens (tertiary/aromatic N) is 2. The summed E-state index contributed by atoms with van der Waals surface area (Å²) in [5.74, 6) is 0.503. The van der Waals surface area contributed by atoms with Gasteiger partial charge in [-0.05, 0) is 12.0 Å². The second kappa shape index (κ2) is 5.50. The Balaban J connectivity index is 1.80. The van der Waals surface area contributed by atoms with Gasteiger partial charge in [-0.15, -0.1) is 0 Å². The van der Waals surface area contributed by atoms with E-state index in [4.69, 9.17) is 0 Å². The fourth-order valence-electron chi connectivity index (χ4n) is 1.67. The average Bonchev–Trinajstić information content (AvgIpc) is 2.72. The number of nitrogens with one attached hydrogen (secondary N) is 2. The van der Waals surface area contributed by atoms with Crippen molar-refractivity contribution in [3.8, 4) is 0 Å². The first-order valence-corrected chi connectivity index (χ1v) is 5.71. The zero-order valence-corrected chi connectivity index (χ0v) is 10.1. The molecule has 0 radical (unpaired) electrons. The molecule has 6 heteroatoms. The second-order valence-corrected chi connectivity index (χ2v) is 4.18. The van der Waals surface area contributed by atoms with Gasteiger partial charge in [0.2, 0.25) is 0 Å². The summed E-state index contributed by atoms with van der Waals surface area (Å²) in [6, 6.07) is -0.317. The molecular formula is C12H16N4O2. The number of aliphatic hydroxyl groups excluding tert-OH is 1. The number of imidazole rings is 1. The van der Waals surface area contributed by atoms with Crippen LogP contribution in [-0.2, 0) is 7.05 Å². The number of carbonyl (C=O) groups excluding carboxylic acids is 1. The van der Waals surface area contributed by atoms with Gasteiger partial charge in [0.15, 0.2) is 5.82 Å². The van der Waals surface area contributed by atoms with Crippen molar-refractivity contribution in [2.24, 2.45) is 7.05 Å². The van der Waals surface area contributed by atoms with Crippen LogP contribution in [0, 0.1) is 0 Å². The Morgan fingerprint density at radius 3 is 3.17 bits per heavy atom. The molecular weight excluding hydrogens is 232 g/mol. The molecule has 18 heavy (non-hydrogen) atoms. The van der Waals surface area contributed by atoms with E-state index >= 15 is 0 Å². The van der Waals surface area contributed by atoms with Gasteiger partial charge in [0.05, 0.1) is 12.4 Å². The predicted molar refractivity (Wildman–Crippen MR) is 68.1 cm³/mol. The fraction of sp³-hybridized carbons (Fsp3) is 0.333. The number of aryl methyl sites for hydroxylation is 1. The highest BCUT2D eigenvalue weighted by molar-refractivity contribution is 5.88. The molecule has 1 aliphatic rings. The Morgan fingerprint density at radius 2 is 2.50 bits per heavy atom. The molecule has 3 N–H and O–H groups in total. The van der Waals surface area contributed by atoms with Crippen molar-refractivity contribution in [3.05, 3.63) is 36.3 Å². The summed E-state index contributed by atoms with van der Waals surface area (Å²) in [5, 5.41) is 14.7. The summed E-state index contributed by atoms with van der Waals surface area (Å²) in [4.78, 5) is 15.5. The van der Waals surface area contributed by atoms with E-state index < -0.39 is 6.10 Å². The van der Waals surface area contributed by atoms with Gasteiger partial charge in [0.1, 0.15) is 0 Å². The van der Waals surface area contributed by atoms with Gasteiger partial charge in [-0.1, -0.05) is 18.2 Å². The SMILES string of the molecule is Cn1cnc(NC(=O)NCC2=CC(O)CC=C2)c1. The molecule has 1 unspecified atom stereocenters. The second-order valence-electron chi connectivity index (χ2n) is 4.18. The molecule has 1 heterocycles. The number of hydrogen-bond acceptors (Lipinski definition) is 3. The molecule has 1 atom stereocenters. The molecule has 0 bridgehead atoms. The normalized spacial score (nSPS) is 18.3. The summed E-state index contributed by atoms with van der Waals surface area (Å²) >= 11 is 0. The standard InChI is InChI=1S/C12H16N4O2/c1-16-7-11(14-8-16)15-12(18)13-6-9-3-2-4-10(17)5-9/h2-3,5,7-8,10,17H,4,6H2,1H3,(H2,13,15,18). The van der Waals surface area contributed by atoms with Crippen molar-refractivity contribution in [1.29, 1.82) is 0 Å². The Hall–Kier alpha value is -2.08. The van der Waals surface area contributed by atoms with Crippen LogP contribution in [0.15, 0.2) is 36.3 Å². The Morgan fingerprint density at radius 1 is 1.67 bits per heavy atom. The van der Waals surface area contributed by atoms with Crippen molar-refractivity contribution in [3.63, 3.8) is 0 Å². The summed E-state index contributed by atoms with van der Waals surface area (Å²) in [6.07, 6.45) is 9.02. The third kappa shape index (κ3) is 3.46. The number of rotatable bonds is 3. The first kappa shape index (κ1) is 12.4. The smallest absolute Gasteiger partial charge is 0.320 e. The van der Waals surface area contributed by atoms with Crippen LogP contribution in [0.2, 0.25) is 0 Å². The zero-order valence-electron chi connectivity index (χ0n) is 10.1. The zero-order chi connectivity index (χ0) is 13.0. The predicted octanol–water partition coefficient (Wildman–Crippen LogP) is 0.789. The van der Waals surface area contributed by atoms with Gasteiger partial charge in [-0.2, -0.15) is 0 Å². The van der Waals surface area contributed by atoms with Crippen molar-refractivity contribution in [1.82, 2.24) is 14.9 Å². The van der Waals surface area contributed by atoms with Gasteiger partial charge >= 0.3 is 6.03 Å². The highest BCUT2D eigenvalue weighted by Crippen LogP contribution is 2.09. The van der Waals surface area contributed by atoms with Crippen LogP contribution in [0.25, 0.3) is 0 Å². The number of amides is 2. The number of aromatic nitrogens is 2. The van der Waals surface area contributed by atoms with E-state index in [1.165, 1.54) is 0 Å². The highest BCUT2D eigenvalue weighted by atomic mass is 16.3. The van der Waals surface area contributed by atoms with E-state index in [1.807, 2.05) is 19.2 Å². The van der Waals surface area contributed by atoms with Crippen LogP contribution >= 0.6 is 0 Å². The van der Waals surface area contributed by atoms with Crippen molar-refractivity contribution < 1.29 is 9.90 Å². The van der Waals surface area contributed by atoms with Gasteiger partial charge in [0.25, 0.3) is 0 Å². The summed E-state index contributed by atoms with van der Waals surface area (Å²) in [5.41, 5.74) is 0.893. The van der Waals surface area contributed by atoms with Crippen LogP contribution in [0.4, 0.5) is 10.6 Å². The van der Waals surface area contributed by atoms with E-state index in [1.54, 1.807) is 23.2 Å². The Kier molecular flexibility index (Phi) is 3.78. The van der Waals surface area contributed by atoms with Crippen LogP contribution < -0.4 is 10.6 Å². The maximum atomic E-state index is 11.6. The minimum absolute atomic E-state index is 0.317. The molecule has 0 saturated heterocycles. The maximum Gasteiger partial charge on any atom is 0.320 e. The van der Waals surface area contributed by atoms with Gasteiger partial charge in [-0.25, -0.2) is 9.78 Å². The average molecular weight is 248 g/mol. The summed E-state index contributed by atoms with van der Waals surface area (Å²) in [7, 11) is 1.83. The minimum Gasteiger partial charge on any atom is -0.389 e. The van der Waals surface area contributed by atoms with E-state index in [0.29, 0.717) is 18.8 Å². The van der Waals surface area contributed by atoms with Crippen LogP contribution in [0.5, 0.6) is 0 Å². The van der Waals surface area contributed by atoms with Gasteiger partial charge < -0.3 is 15.0 Å². The first-order valence-electron chi connectivity index (χ1n) is 5.71. The van der Waals surface area contributed by atoms with Crippen molar-refractivity contribution in [2.45, 2.75) is 12.5 Å². The molecule has 6 nitrogen and oxygen atoms in total. The topological polar surface area (TPSA) is 79.2 Å². The van der Waals surface area contributed by atoms with Crippen molar-refractivity contribution >= 4 is 11.8 Å². The fourth-order valence-corrected chi connectivity index (χ4v) is 1.67. The number of anilines is 1. The molecule has 0 aliphatic heterocycles. The first-order chi connectivity index (χ1) is 8.63. The molecule has 0 fully saturated rings. The van der Waals surface area contributed by atoms with E-state index in [-0.39, 0.29) is 6.03 Å². The molecule has 1 aromatic rings. The maximum absolute atomic E-state index is 11.6. The lowest BCUT2D eigenvalue weighted by atomic mass is 10.1. The molecule has 96 valence electrons. The quantitative estimate of drug-likeness (QED) is 0.740. The molecule has 0 aromatic carbocycles. The number of aliphatic hydroxyl groups is 1. The molecule has 1 aromatic heterocycles. The molecule has 2 rings (SSSR count). The van der Waals surface area contributed by atoms with E-state index in [0.717, 1.165) is 5.57 Å². The molecule has 2 amide bonds. The molecule has 0 saturated carbocycles. The number of hydrogen-bond donors (Lipinski definition) is 3. The van der Waals surface area contributed by atoms with Crippen LogP contribution in [0.3, 0.4) is 0 Å². The lowest BCUT2D eigenvalue weighted by molar-refractivity contribution is 0.224. The third-order valence-corrected chi connectivity index (χ3v) is 2.52. The largest absolute Gasteiger partial charge is 0.389 e. The number of urea groups is 1. The molecule has 0 spiro atoms. The summed E-state index contributed by atoms with van der Waals surface area (Å²) in [6.45, 7) is 0.381. The van der Waals surface area contributed by atoms with Crippen LogP contribution in [-0.4, -0.2) is 33.3 Å². The summed E-state index contributed by atoms with van der Waals surface area (Å²) < 4.78 is 1.75. The van der Waals surface area contributed by atoms with E-state index in [2.05, 4.69) is 15.6 Å². The minimum atomic E-state index is -0.453. The Labute approximate surface area is 105 Å². The lowest BCUT2D eigenvalue weighted by Gasteiger charge is -2.12.